The minimum absolute atomic E-state index is 0.415. The van der Waals surface area contributed by atoms with Gasteiger partial charge in [0, 0.05) is 7.05 Å². The molecule has 0 saturated carbocycles. The first-order chi connectivity index (χ1) is 6.20. The number of carbonyl (C=O) groups is 1. The fourth-order valence-corrected chi connectivity index (χ4v) is 1.17. The lowest BCUT2D eigenvalue weighted by Gasteiger charge is -2.28. The van der Waals surface area contributed by atoms with Crippen LogP contribution in [0.4, 0.5) is 11.5 Å². The van der Waals surface area contributed by atoms with Gasteiger partial charge in [0.15, 0.2) is 5.82 Å². The Labute approximate surface area is 74.2 Å². The van der Waals surface area contributed by atoms with Crippen LogP contribution in [0.3, 0.4) is 0 Å². The molecule has 0 bridgehead atoms. The van der Waals surface area contributed by atoms with Crippen LogP contribution >= 0.6 is 0 Å². The average molecular weight is 180 g/mol. The Hall–Kier alpha value is -1.69. The summed E-state index contributed by atoms with van der Waals surface area (Å²) in [4.78, 5) is 20.2. The monoisotopic (exact) mass is 180 g/mol. The first kappa shape index (κ1) is 7.93. The van der Waals surface area contributed by atoms with E-state index in [2.05, 4.69) is 15.3 Å². The molecule has 0 aromatic carbocycles. The van der Waals surface area contributed by atoms with Crippen molar-refractivity contribution in [3.63, 3.8) is 0 Å². The van der Waals surface area contributed by atoms with E-state index in [1.807, 2.05) is 0 Å². The molecular formula is C7H8N4O2. The lowest BCUT2D eigenvalue weighted by molar-refractivity contribution is -0.125. The van der Waals surface area contributed by atoms with Gasteiger partial charge in [0.2, 0.25) is 6.23 Å². The number of aromatic nitrogens is 2. The number of hydrogen-bond acceptors (Lipinski definition) is 5. The van der Waals surface area contributed by atoms with Crippen LogP contribution in [0, 0.1) is 0 Å². The Bertz CT molecular complexity index is 354. The molecule has 2 rings (SSSR count). The molecule has 0 fully saturated rings. The molecule has 0 spiro atoms. The van der Waals surface area contributed by atoms with E-state index in [4.69, 9.17) is 0 Å². The molecule has 1 aromatic rings. The minimum atomic E-state index is -1.22. The number of rotatable bonds is 0. The highest BCUT2D eigenvalue weighted by Gasteiger charge is 2.29. The SMILES string of the molecule is CN1C(=O)[C@H](O)Nc2ncncc21. The minimum Gasteiger partial charge on any atom is -0.365 e. The van der Waals surface area contributed by atoms with Gasteiger partial charge in [-0.25, -0.2) is 9.97 Å². The molecule has 1 atom stereocenters. The Morgan fingerprint density at radius 3 is 3.23 bits per heavy atom. The molecule has 2 N–H and O–H groups in total. The van der Waals surface area contributed by atoms with Crippen molar-refractivity contribution in [2.45, 2.75) is 6.23 Å². The maximum absolute atomic E-state index is 11.2. The Morgan fingerprint density at radius 2 is 2.46 bits per heavy atom. The predicted octanol–water partition coefficient (Wildman–Crippen LogP) is -0.817. The molecule has 1 aliphatic heterocycles. The second-order valence-corrected chi connectivity index (χ2v) is 2.70. The van der Waals surface area contributed by atoms with Crippen LogP contribution in [0.15, 0.2) is 12.5 Å². The molecule has 0 radical (unpaired) electrons. The van der Waals surface area contributed by atoms with E-state index in [0.717, 1.165) is 0 Å². The molecular weight excluding hydrogens is 172 g/mol. The van der Waals surface area contributed by atoms with Crippen molar-refractivity contribution < 1.29 is 9.90 Å². The van der Waals surface area contributed by atoms with Gasteiger partial charge in [-0.2, -0.15) is 0 Å². The molecule has 6 nitrogen and oxygen atoms in total. The van der Waals surface area contributed by atoms with Gasteiger partial charge in [0.1, 0.15) is 12.0 Å². The molecule has 2 heterocycles. The third kappa shape index (κ3) is 1.11. The van der Waals surface area contributed by atoms with E-state index in [1.165, 1.54) is 17.4 Å². The maximum Gasteiger partial charge on any atom is 0.276 e. The highest BCUT2D eigenvalue weighted by molar-refractivity contribution is 6.02. The molecule has 0 unspecified atom stereocenters. The third-order valence-corrected chi connectivity index (χ3v) is 1.89. The number of carbonyl (C=O) groups excluding carboxylic acids is 1. The van der Waals surface area contributed by atoms with Crippen LogP contribution in [0.5, 0.6) is 0 Å². The van der Waals surface area contributed by atoms with Gasteiger partial charge in [-0.05, 0) is 0 Å². The fraction of sp³-hybridized carbons (Fsp3) is 0.286. The highest BCUT2D eigenvalue weighted by Crippen LogP contribution is 2.25. The zero-order valence-electron chi connectivity index (χ0n) is 6.93. The summed E-state index contributed by atoms with van der Waals surface area (Å²) in [7, 11) is 1.56. The highest BCUT2D eigenvalue weighted by atomic mass is 16.3. The number of anilines is 2. The van der Waals surface area contributed by atoms with E-state index >= 15 is 0 Å². The standard InChI is InChI=1S/C7H8N4O2/c1-11-4-2-8-3-9-5(4)10-6(12)7(11)13/h2-3,6,12H,1H3,(H,8,9,10)/t6-/m0/s1. The van der Waals surface area contributed by atoms with Crippen molar-refractivity contribution in [2.75, 3.05) is 17.3 Å². The van der Waals surface area contributed by atoms with Crippen LogP contribution in [-0.2, 0) is 4.79 Å². The number of aliphatic hydroxyl groups is 1. The van der Waals surface area contributed by atoms with E-state index < -0.39 is 12.1 Å². The van der Waals surface area contributed by atoms with Crippen molar-refractivity contribution in [2.24, 2.45) is 0 Å². The summed E-state index contributed by atoms with van der Waals surface area (Å²) < 4.78 is 0. The molecule has 1 amide bonds. The van der Waals surface area contributed by atoms with Gasteiger partial charge in [0.25, 0.3) is 5.91 Å². The zero-order chi connectivity index (χ0) is 9.42. The summed E-state index contributed by atoms with van der Waals surface area (Å²) in [5, 5.41) is 11.8. The lowest BCUT2D eigenvalue weighted by atomic mass is 10.3. The number of amides is 1. The number of hydrogen-bond donors (Lipinski definition) is 2. The van der Waals surface area contributed by atoms with Crippen LogP contribution in [0.1, 0.15) is 0 Å². The van der Waals surface area contributed by atoms with Crippen molar-refractivity contribution in [3.05, 3.63) is 12.5 Å². The van der Waals surface area contributed by atoms with Crippen molar-refractivity contribution in [3.8, 4) is 0 Å². The molecule has 6 heteroatoms. The second kappa shape index (κ2) is 2.67. The van der Waals surface area contributed by atoms with Gasteiger partial charge < -0.3 is 15.3 Å². The molecule has 0 saturated heterocycles. The number of fused-ring (bicyclic) bond motifs is 1. The zero-order valence-corrected chi connectivity index (χ0v) is 6.93. The molecule has 0 aliphatic carbocycles. The summed E-state index contributed by atoms with van der Waals surface area (Å²) in [6, 6.07) is 0. The van der Waals surface area contributed by atoms with Gasteiger partial charge in [-0.3, -0.25) is 4.79 Å². The molecule has 1 aromatic heterocycles. The lowest BCUT2D eigenvalue weighted by Crippen LogP contribution is -2.45. The third-order valence-electron chi connectivity index (χ3n) is 1.89. The summed E-state index contributed by atoms with van der Waals surface area (Å²) in [6.45, 7) is 0. The van der Waals surface area contributed by atoms with E-state index in [9.17, 15) is 9.90 Å². The average Bonchev–Trinajstić information content (AvgIpc) is 2.15. The molecule has 68 valence electrons. The number of nitrogens with one attached hydrogen (secondary N) is 1. The topological polar surface area (TPSA) is 78.4 Å². The number of nitrogens with zero attached hydrogens (tertiary/aromatic N) is 3. The quantitative estimate of drug-likeness (QED) is 0.545. The van der Waals surface area contributed by atoms with E-state index in [-0.39, 0.29) is 0 Å². The van der Waals surface area contributed by atoms with Crippen molar-refractivity contribution in [1.82, 2.24) is 9.97 Å². The smallest absolute Gasteiger partial charge is 0.276 e. The Balaban J connectivity index is 2.49. The summed E-state index contributed by atoms with van der Waals surface area (Å²) in [6.07, 6.45) is 1.65. The summed E-state index contributed by atoms with van der Waals surface area (Å²) in [5.41, 5.74) is 0.567. The van der Waals surface area contributed by atoms with E-state index in [1.54, 1.807) is 7.05 Å². The molecule has 13 heavy (non-hydrogen) atoms. The predicted molar refractivity (Wildman–Crippen MR) is 45.1 cm³/mol. The van der Waals surface area contributed by atoms with Crippen molar-refractivity contribution >= 4 is 17.4 Å². The second-order valence-electron chi connectivity index (χ2n) is 2.70. The normalized spacial score (nSPS) is 20.9. The summed E-state index contributed by atoms with van der Waals surface area (Å²) >= 11 is 0. The van der Waals surface area contributed by atoms with Crippen LogP contribution in [0.2, 0.25) is 0 Å². The maximum atomic E-state index is 11.2. The molecule has 1 aliphatic rings. The number of aliphatic hydroxyl groups excluding tert-OH is 1. The first-order valence-corrected chi connectivity index (χ1v) is 3.72. The van der Waals surface area contributed by atoms with Crippen LogP contribution in [0.25, 0.3) is 0 Å². The largest absolute Gasteiger partial charge is 0.365 e. The van der Waals surface area contributed by atoms with Crippen LogP contribution < -0.4 is 10.2 Å². The Kier molecular flexibility index (Phi) is 1.63. The van der Waals surface area contributed by atoms with E-state index in [0.29, 0.717) is 11.5 Å². The Morgan fingerprint density at radius 1 is 1.69 bits per heavy atom. The van der Waals surface area contributed by atoms with Gasteiger partial charge in [0.05, 0.1) is 6.20 Å². The van der Waals surface area contributed by atoms with Gasteiger partial charge in [-0.1, -0.05) is 0 Å². The fourth-order valence-electron chi connectivity index (χ4n) is 1.17. The summed E-state index contributed by atoms with van der Waals surface area (Å²) in [5.74, 6) is 0.0481. The number of likely N-dealkylation sites (N-methyl/N-ethyl adjacent to an activating group) is 1. The van der Waals surface area contributed by atoms with Crippen LogP contribution in [-0.4, -0.2) is 34.3 Å². The van der Waals surface area contributed by atoms with Gasteiger partial charge in [-0.15, -0.1) is 0 Å². The first-order valence-electron chi connectivity index (χ1n) is 3.72. The van der Waals surface area contributed by atoms with Crippen molar-refractivity contribution in [1.29, 1.82) is 0 Å². The van der Waals surface area contributed by atoms with Gasteiger partial charge >= 0.3 is 0 Å².